The smallest absolute Gasteiger partial charge is 0.308 e. The molecule has 0 unspecified atom stereocenters. The normalized spacial score (nSPS) is 43.2. The third kappa shape index (κ3) is 11.6. The summed E-state index contributed by atoms with van der Waals surface area (Å²) in [6.45, 7) is 7.53. The second-order valence-corrected chi connectivity index (χ2v) is 14.4. The highest BCUT2D eigenvalue weighted by Crippen LogP contribution is 2.34. The number of carbonyl (C=O) groups excluding carboxylic acids is 2. The molecule has 3 rings (SSSR count). The van der Waals surface area contributed by atoms with Crippen molar-refractivity contribution in [2.24, 2.45) is 11.8 Å². The number of esters is 1. The molecular weight excluding hydrogens is 636 g/mol. The molecule has 2 fully saturated rings. The monoisotopic (exact) mass is 698 g/mol. The van der Waals surface area contributed by atoms with Crippen LogP contribution in [0.4, 0.5) is 0 Å². The van der Waals surface area contributed by atoms with Gasteiger partial charge in [-0.3, -0.25) is 4.79 Å². The van der Waals surface area contributed by atoms with Crippen LogP contribution in [0.3, 0.4) is 0 Å². The van der Waals surface area contributed by atoms with Crippen molar-refractivity contribution in [1.29, 1.82) is 0 Å². The molecule has 13 nitrogen and oxygen atoms in total. The molecule has 15 atom stereocenters. The van der Waals surface area contributed by atoms with Gasteiger partial charge >= 0.3 is 5.97 Å². The molecule has 0 radical (unpaired) electrons. The van der Waals surface area contributed by atoms with Crippen molar-refractivity contribution in [2.75, 3.05) is 35.3 Å². The number of nitrogens with zero attached hydrogens (tertiary/aromatic N) is 2. The fraction of sp³-hybridized carbons (Fsp3) is 0.833. The predicted molar refractivity (Wildman–Crippen MR) is 182 cm³/mol. The maximum atomic E-state index is 12.9. The molecule has 2 saturated heterocycles. The Bertz CT molecular complexity index is 1070. The fourth-order valence-electron chi connectivity index (χ4n) is 7.35. The summed E-state index contributed by atoms with van der Waals surface area (Å²) in [5, 5.41) is 33.6. The lowest BCUT2D eigenvalue weighted by Gasteiger charge is -2.46. The lowest BCUT2D eigenvalue weighted by Crippen LogP contribution is -2.63. The molecule has 3 heterocycles. The number of hydrogen-bond donors (Lipinski definition) is 3. The van der Waals surface area contributed by atoms with E-state index in [-0.39, 0.29) is 30.9 Å². The number of cyclic esters (lactones) is 1. The van der Waals surface area contributed by atoms with E-state index in [0.29, 0.717) is 12.8 Å². The van der Waals surface area contributed by atoms with Crippen LogP contribution in [0.25, 0.3) is 0 Å². The number of hydrogen-bond acceptors (Lipinski definition) is 13. The topological polar surface area (TPSA) is 157 Å². The van der Waals surface area contributed by atoms with Crippen LogP contribution in [-0.4, -0.2) is 152 Å². The summed E-state index contributed by atoms with van der Waals surface area (Å²) in [5.41, 5.74) is 0. The first-order valence-corrected chi connectivity index (χ1v) is 17.7. The minimum atomic E-state index is -1.37. The van der Waals surface area contributed by atoms with Crippen LogP contribution in [-0.2, 0) is 38.0 Å². The van der Waals surface area contributed by atoms with Crippen LogP contribution >= 0.6 is 0 Å². The highest BCUT2D eigenvalue weighted by molar-refractivity contribution is 5.70. The van der Waals surface area contributed by atoms with E-state index in [0.717, 1.165) is 19.1 Å². The molecule has 3 N–H and O–H groups in total. The highest BCUT2D eigenvalue weighted by Gasteiger charge is 2.48. The Labute approximate surface area is 292 Å². The zero-order valence-electron chi connectivity index (χ0n) is 30.8. The Balaban J connectivity index is 2.00. The third-order valence-corrected chi connectivity index (χ3v) is 10.1. The molecule has 0 aromatic rings. The van der Waals surface area contributed by atoms with Gasteiger partial charge in [-0.05, 0) is 80.1 Å². The van der Waals surface area contributed by atoms with E-state index in [4.69, 9.17) is 28.4 Å². The quantitative estimate of drug-likeness (QED) is 0.238. The van der Waals surface area contributed by atoms with Crippen LogP contribution in [0.2, 0.25) is 0 Å². The van der Waals surface area contributed by atoms with Crippen molar-refractivity contribution in [2.45, 2.75) is 146 Å². The summed E-state index contributed by atoms with van der Waals surface area (Å²) < 4.78 is 36.8. The number of rotatable bonds is 9. The number of aldehydes is 1. The SMILES string of the molecule is CO[C@@H]1[C@@H](O[C@@H]2O[C@H](C)[C@@H](O)[C@H](N(C)C)[C@H]2O)[C@@H](CC=O)C[C@@H](C)[C@@H](O[C@H]2CC[C@H](N(C)C)[C@@H](C)O2)/C=C\C=C\C[C@@H](C)OC(=O)C[C@H]1O. The molecule has 49 heavy (non-hydrogen) atoms. The van der Waals surface area contributed by atoms with E-state index in [2.05, 4.69) is 11.8 Å². The number of aliphatic hydroxyl groups is 3. The van der Waals surface area contributed by atoms with E-state index in [9.17, 15) is 24.9 Å². The summed E-state index contributed by atoms with van der Waals surface area (Å²) in [5.74, 6) is -1.35. The maximum absolute atomic E-state index is 12.9. The van der Waals surface area contributed by atoms with E-state index >= 15 is 0 Å². The van der Waals surface area contributed by atoms with Crippen LogP contribution in [0.1, 0.15) is 66.2 Å². The largest absolute Gasteiger partial charge is 0.462 e. The first-order chi connectivity index (χ1) is 23.2. The van der Waals surface area contributed by atoms with Crippen LogP contribution in [0.15, 0.2) is 24.3 Å². The summed E-state index contributed by atoms with van der Waals surface area (Å²) in [7, 11) is 8.97. The molecule has 0 spiro atoms. The van der Waals surface area contributed by atoms with E-state index in [1.54, 1.807) is 32.8 Å². The molecule has 0 aromatic carbocycles. The van der Waals surface area contributed by atoms with Crippen molar-refractivity contribution in [1.82, 2.24) is 9.80 Å². The van der Waals surface area contributed by atoms with E-state index < -0.39 is 79.3 Å². The number of carbonyl (C=O) groups is 2. The van der Waals surface area contributed by atoms with Gasteiger partial charge in [-0.25, -0.2) is 0 Å². The average Bonchev–Trinajstić information content (AvgIpc) is 3.01. The number of allylic oxidation sites excluding steroid dienone is 2. The van der Waals surface area contributed by atoms with Crippen molar-refractivity contribution in [3.63, 3.8) is 0 Å². The molecule has 13 heteroatoms. The zero-order chi connectivity index (χ0) is 36.4. The van der Waals surface area contributed by atoms with Gasteiger partial charge in [0.05, 0.1) is 49.1 Å². The maximum Gasteiger partial charge on any atom is 0.308 e. The number of aliphatic hydroxyl groups excluding tert-OH is 3. The molecule has 0 bridgehead atoms. The van der Waals surface area contributed by atoms with Crippen LogP contribution < -0.4 is 0 Å². The fourth-order valence-corrected chi connectivity index (χ4v) is 7.35. The van der Waals surface area contributed by atoms with Gasteiger partial charge in [0.15, 0.2) is 12.6 Å². The summed E-state index contributed by atoms with van der Waals surface area (Å²) in [6, 6.07) is -0.434. The first-order valence-electron chi connectivity index (χ1n) is 17.7. The molecular formula is C36H62N2O11. The summed E-state index contributed by atoms with van der Waals surface area (Å²) in [4.78, 5) is 29.0. The zero-order valence-corrected chi connectivity index (χ0v) is 30.8. The Kier molecular flexibility index (Phi) is 16.8. The third-order valence-electron chi connectivity index (χ3n) is 10.1. The van der Waals surface area contributed by atoms with Gasteiger partial charge < -0.3 is 58.3 Å². The average molecular weight is 699 g/mol. The second kappa shape index (κ2) is 19.7. The predicted octanol–water partition coefficient (Wildman–Crippen LogP) is 2.05. The van der Waals surface area contributed by atoms with Gasteiger partial charge in [0.25, 0.3) is 0 Å². The van der Waals surface area contributed by atoms with Crippen LogP contribution in [0, 0.1) is 11.8 Å². The van der Waals surface area contributed by atoms with Gasteiger partial charge in [0.1, 0.15) is 24.6 Å². The lowest BCUT2D eigenvalue weighted by atomic mass is 9.82. The van der Waals surface area contributed by atoms with Gasteiger partial charge in [-0.15, -0.1) is 0 Å². The first kappa shape index (κ1) is 41.6. The number of likely N-dealkylation sites (N-methyl/N-ethyl adjacent to an activating group) is 2. The van der Waals surface area contributed by atoms with Crippen molar-refractivity contribution in [3.05, 3.63) is 24.3 Å². The lowest BCUT2D eigenvalue weighted by molar-refractivity contribution is -0.309. The van der Waals surface area contributed by atoms with Crippen molar-refractivity contribution >= 4 is 12.3 Å². The molecule has 0 amide bonds. The van der Waals surface area contributed by atoms with Crippen molar-refractivity contribution < 1.29 is 53.3 Å². The Morgan fingerprint density at radius 1 is 0.918 bits per heavy atom. The van der Waals surface area contributed by atoms with E-state index in [1.807, 2.05) is 45.3 Å². The minimum Gasteiger partial charge on any atom is -0.462 e. The second-order valence-electron chi connectivity index (χ2n) is 14.4. The van der Waals surface area contributed by atoms with Gasteiger partial charge in [0, 0.05) is 26.0 Å². The molecule has 0 aliphatic carbocycles. The highest BCUT2D eigenvalue weighted by atomic mass is 16.7. The number of ether oxygens (including phenoxy) is 6. The van der Waals surface area contributed by atoms with Crippen molar-refractivity contribution in [3.8, 4) is 0 Å². The molecule has 3 aliphatic heterocycles. The molecule has 282 valence electrons. The van der Waals surface area contributed by atoms with E-state index in [1.165, 1.54) is 7.11 Å². The van der Waals surface area contributed by atoms with Gasteiger partial charge in [-0.2, -0.15) is 0 Å². The molecule has 0 aromatic heterocycles. The Morgan fingerprint density at radius 2 is 1.63 bits per heavy atom. The summed E-state index contributed by atoms with van der Waals surface area (Å²) >= 11 is 0. The molecule has 0 saturated carbocycles. The van der Waals surface area contributed by atoms with Crippen LogP contribution in [0.5, 0.6) is 0 Å². The minimum absolute atomic E-state index is 0.0262. The summed E-state index contributed by atoms with van der Waals surface area (Å²) in [6.07, 6.45) is 1.58. The standard InChI is InChI=1S/C36H62N2O11/c1-21-19-25(17-18-39)34(49-36-33(43)31(38(7)8)32(42)24(4)47-36)35(44-9)27(40)20-29(41)45-22(2)13-11-10-12-14-28(21)48-30-16-15-26(37(5)6)23(3)46-30/h10-12,14,18,21-28,30-36,40,42-43H,13,15-17,19-20H2,1-9H3/b11-10+,14-12-/t21-,22-,23-,24-,25+,26+,27-,28+,30+,31+,32-,33-,34+,35+,36+/m1/s1. The number of methoxy groups -OCH3 is 1. The molecule has 3 aliphatic rings. The Hall–Kier alpha value is -1.78. The van der Waals surface area contributed by atoms with Gasteiger partial charge in [-0.1, -0.05) is 31.2 Å². The Morgan fingerprint density at radius 3 is 2.24 bits per heavy atom. The van der Waals surface area contributed by atoms with Gasteiger partial charge in [0.2, 0.25) is 0 Å².